The summed E-state index contributed by atoms with van der Waals surface area (Å²) in [6.07, 6.45) is 3.53. The van der Waals surface area contributed by atoms with Gasteiger partial charge >= 0.3 is 0 Å². The summed E-state index contributed by atoms with van der Waals surface area (Å²) in [4.78, 5) is 0. The van der Waals surface area contributed by atoms with Crippen LogP contribution in [0.15, 0.2) is 18.2 Å². The molecule has 1 unspecified atom stereocenters. The predicted octanol–water partition coefficient (Wildman–Crippen LogP) is 4.10. The molecule has 1 rings (SSSR count). The van der Waals surface area contributed by atoms with Gasteiger partial charge in [-0.05, 0) is 55.7 Å². The minimum atomic E-state index is 0.257. The van der Waals surface area contributed by atoms with Crippen molar-refractivity contribution in [3.63, 3.8) is 0 Å². The van der Waals surface area contributed by atoms with Crippen molar-refractivity contribution in [3.8, 4) is 0 Å². The van der Waals surface area contributed by atoms with Crippen LogP contribution in [0.25, 0.3) is 0 Å². The fourth-order valence-electron chi connectivity index (χ4n) is 2.17. The summed E-state index contributed by atoms with van der Waals surface area (Å²) in [5, 5.41) is 0. The van der Waals surface area contributed by atoms with E-state index in [4.69, 9.17) is 5.73 Å². The molecule has 0 radical (unpaired) electrons. The van der Waals surface area contributed by atoms with E-state index in [-0.39, 0.29) is 5.41 Å². The van der Waals surface area contributed by atoms with E-state index in [9.17, 15) is 0 Å². The molecule has 0 saturated heterocycles. The maximum atomic E-state index is 5.80. The molecule has 0 amide bonds. The molecular weight excluding hydrogens is 206 g/mol. The molecule has 0 aromatic heterocycles. The Hall–Kier alpha value is -0.820. The molecule has 0 aliphatic carbocycles. The maximum Gasteiger partial charge on any atom is 0.00104 e. The number of hydrogen-bond acceptors (Lipinski definition) is 1. The van der Waals surface area contributed by atoms with Crippen LogP contribution < -0.4 is 5.73 Å². The Morgan fingerprint density at radius 1 is 1.18 bits per heavy atom. The summed E-state index contributed by atoms with van der Waals surface area (Å²) in [6, 6.07) is 7.17. The molecule has 17 heavy (non-hydrogen) atoms. The Bertz CT molecular complexity index is 364. The highest BCUT2D eigenvalue weighted by Crippen LogP contribution is 2.30. The van der Waals surface area contributed by atoms with Crippen LogP contribution in [-0.4, -0.2) is 6.04 Å². The first-order valence-electron chi connectivity index (χ1n) is 6.66. The van der Waals surface area contributed by atoms with Crippen LogP contribution in [0, 0.1) is 13.8 Å². The fraction of sp³-hybridized carbons (Fsp3) is 0.625. The van der Waals surface area contributed by atoms with E-state index in [1.54, 1.807) is 0 Å². The zero-order valence-corrected chi connectivity index (χ0v) is 12.0. The second-order valence-corrected chi connectivity index (χ2v) is 6.05. The van der Waals surface area contributed by atoms with E-state index < -0.39 is 0 Å². The molecule has 1 aromatic carbocycles. The zero-order chi connectivity index (χ0) is 13.1. The van der Waals surface area contributed by atoms with Crippen molar-refractivity contribution in [1.82, 2.24) is 0 Å². The normalized spacial score (nSPS) is 13.8. The standard InChI is InChI=1S/C16H27N/c1-12-8-9-15(11-13(12)2)16(4,5)10-6-7-14(3)17/h8-9,11,14H,6-7,10,17H2,1-5H3. The number of aryl methyl sites for hydroxylation is 2. The summed E-state index contributed by atoms with van der Waals surface area (Å²) in [6.45, 7) is 11.1. The van der Waals surface area contributed by atoms with Gasteiger partial charge in [0.2, 0.25) is 0 Å². The van der Waals surface area contributed by atoms with Crippen molar-refractivity contribution in [3.05, 3.63) is 34.9 Å². The molecule has 0 spiro atoms. The van der Waals surface area contributed by atoms with Crippen molar-refractivity contribution in [2.45, 2.75) is 65.3 Å². The lowest BCUT2D eigenvalue weighted by Gasteiger charge is -2.26. The highest BCUT2D eigenvalue weighted by molar-refractivity contribution is 5.33. The first kappa shape index (κ1) is 14.2. The van der Waals surface area contributed by atoms with Crippen LogP contribution in [-0.2, 0) is 5.41 Å². The third-order valence-electron chi connectivity index (χ3n) is 3.75. The Balaban J connectivity index is 2.71. The first-order valence-corrected chi connectivity index (χ1v) is 6.66. The second kappa shape index (κ2) is 5.68. The SMILES string of the molecule is Cc1ccc(C(C)(C)CCCC(C)N)cc1C. The molecule has 1 heteroatoms. The van der Waals surface area contributed by atoms with Crippen LogP contribution >= 0.6 is 0 Å². The van der Waals surface area contributed by atoms with Crippen LogP contribution in [0.1, 0.15) is 56.7 Å². The van der Waals surface area contributed by atoms with Gasteiger partial charge in [-0.3, -0.25) is 0 Å². The fourth-order valence-corrected chi connectivity index (χ4v) is 2.17. The van der Waals surface area contributed by atoms with E-state index in [1.165, 1.54) is 29.5 Å². The zero-order valence-electron chi connectivity index (χ0n) is 12.0. The Kier molecular flexibility index (Phi) is 4.76. The van der Waals surface area contributed by atoms with Gasteiger partial charge in [-0.1, -0.05) is 38.5 Å². The molecule has 0 bridgehead atoms. The molecule has 96 valence electrons. The van der Waals surface area contributed by atoms with Gasteiger partial charge in [0.1, 0.15) is 0 Å². The average molecular weight is 233 g/mol. The van der Waals surface area contributed by atoms with Crippen molar-refractivity contribution in [1.29, 1.82) is 0 Å². The van der Waals surface area contributed by atoms with Crippen molar-refractivity contribution in [2.75, 3.05) is 0 Å². The summed E-state index contributed by atoms with van der Waals surface area (Å²) < 4.78 is 0. The Morgan fingerprint density at radius 2 is 1.82 bits per heavy atom. The van der Waals surface area contributed by atoms with Crippen LogP contribution in [0.4, 0.5) is 0 Å². The van der Waals surface area contributed by atoms with Crippen molar-refractivity contribution in [2.24, 2.45) is 5.73 Å². The third-order valence-corrected chi connectivity index (χ3v) is 3.75. The minimum Gasteiger partial charge on any atom is -0.328 e. The van der Waals surface area contributed by atoms with Gasteiger partial charge in [0.25, 0.3) is 0 Å². The highest BCUT2D eigenvalue weighted by Gasteiger charge is 2.20. The number of benzene rings is 1. The van der Waals surface area contributed by atoms with E-state index in [2.05, 4.69) is 52.8 Å². The lowest BCUT2D eigenvalue weighted by atomic mass is 9.79. The van der Waals surface area contributed by atoms with Gasteiger partial charge in [0.05, 0.1) is 0 Å². The molecule has 0 heterocycles. The van der Waals surface area contributed by atoms with Gasteiger partial charge in [-0.2, -0.15) is 0 Å². The van der Waals surface area contributed by atoms with Gasteiger partial charge < -0.3 is 5.73 Å². The van der Waals surface area contributed by atoms with Gasteiger partial charge in [-0.15, -0.1) is 0 Å². The molecule has 0 saturated carbocycles. The highest BCUT2D eigenvalue weighted by atomic mass is 14.6. The summed E-state index contributed by atoms with van der Waals surface area (Å²) >= 11 is 0. The number of hydrogen-bond donors (Lipinski definition) is 1. The summed E-state index contributed by atoms with van der Waals surface area (Å²) in [7, 11) is 0. The average Bonchev–Trinajstić information content (AvgIpc) is 2.21. The van der Waals surface area contributed by atoms with Crippen molar-refractivity contribution >= 4 is 0 Å². The van der Waals surface area contributed by atoms with Crippen LogP contribution in [0.5, 0.6) is 0 Å². The van der Waals surface area contributed by atoms with Gasteiger partial charge in [-0.25, -0.2) is 0 Å². The van der Waals surface area contributed by atoms with Crippen LogP contribution in [0.2, 0.25) is 0 Å². The number of nitrogens with two attached hydrogens (primary N) is 1. The minimum absolute atomic E-state index is 0.257. The summed E-state index contributed by atoms with van der Waals surface area (Å²) in [5.74, 6) is 0. The Labute approximate surface area is 106 Å². The quantitative estimate of drug-likeness (QED) is 0.814. The third kappa shape index (κ3) is 4.16. The lowest BCUT2D eigenvalue weighted by molar-refractivity contribution is 0.439. The molecule has 1 atom stereocenters. The molecule has 1 aromatic rings. The second-order valence-electron chi connectivity index (χ2n) is 6.05. The first-order chi connectivity index (χ1) is 7.83. The smallest absolute Gasteiger partial charge is 0.00104 e. The molecule has 0 aliphatic rings. The van der Waals surface area contributed by atoms with Gasteiger partial charge in [0.15, 0.2) is 0 Å². The van der Waals surface area contributed by atoms with E-state index in [1.807, 2.05) is 0 Å². The molecular formula is C16H27N. The molecule has 0 fully saturated rings. The molecule has 1 nitrogen and oxygen atoms in total. The molecule has 2 N–H and O–H groups in total. The lowest BCUT2D eigenvalue weighted by Crippen LogP contribution is -2.20. The van der Waals surface area contributed by atoms with Crippen molar-refractivity contribution < 1.29 is 0 Å². The topological polar surface area (TPSA) is 26.0 Å². The van der Waals surface area contributed by atoms with E-state index >= 15 is 0 Å². The Morgan fingerprint density at radius 3 is 2.35 bits per heavy atom. The maximum absolute atomic E-state index is 5.80. The van der Waals surface area contributed by atoms with E-state index in [0.717, 1.165) is 6.42 Å². The molecule has 0 aliphatic heterocycles. The summed E-state index contributed by atoms with van der Waals surface area (Å²) in [5.41, 5.74) is 10.3. The van der Waals surface area contributed by atoms with Crippen LogP contribution in [0.3, 0.4) is 0 Å². The largest absolute Gasteiger partial charge is 0.328 e. The van der Waals surface area contributed by atoms with E-state index in [0.29, 0.717) is 6.04 Å². The monoisotopic (exact) mass is 233 g/mol. The predicted molar refractivity (Wildman–Crippen MR) is 76.4 cm³/mol. The number of rotatable bonds is 5. The van der Waals surface area contributed by atoms with Gasteiger partial charge in [0, 0.05) is 6.04 Å².